The highest BCUT2D eigenvalue weighted by Gasteiger charge is 2.55. The lowest BCUT2D eigenvalue weighted by Gasteiger charge is -2.49. The minimum Gasteiger partial charge on any atom is -0.363 e. The van der Waals surface area contributed by atoms with Gasteiger partial charge in [0, 0.05) is 30.7 Å². The topological polar surface area (TPSA) is 66.9 Å². The quantitative estimate of drug-likeness (QED) is 0.720. The lowest BCUT2D eigenvalue weighted by Crippen LogP contribution is -2.61. The van der Waals surface area contributed by atoms with E-state index in [1.807, 2.05) is 0 Å². The second-order valence-corrected chi connectivity index (χ2v) is 10.5. The molecule has 2 bridgehead atoms. The van der Waals surface area contributed by atoms with E-state index in [2.05, 4.69) is 0 Å². The number of hydrogen-bond donors (Lipinski definition) is 0. The number of ether oxygens (including phenoxy) is 1. The monoisotopic (exact) mass is 432 g/mol. The van der Waals surface area contributed by atoms with Crippen LogP contribution in [0, 0.1) is 6.92 Å². The van der Waals surface area contributed by atoms with Crippen molar-refractivity contribution >= 4 is 39.1 Å². The zero-order valence-corrected chi connectivity index (χ0v) is 17.6. The molecular formula is C18H22Cl2N2O4S. The summed E-state index contributed by atoms with van der Waals surface area (Å²) in [5.74, 6) is -0.0357. The van der Waals surface area contributed by atoms with Gasteiger partial charge in [0.15, 0.2) is 0 Å². The molecule has 3 aliphatic rings. The number of aryl methyl sites for hydroxylation is 1. The molecule has 1 aromatic rings. The zero-order chi connectivity index (χ0) is 19.6. The van der Waals surface area contributed by atoms with Crippen LogP contribution in [0.3, 0.4) is 0 Å². The van der Waals surface area contributed by atoms with Crippen molar-refractivity contribution in [2.75, 3.05) is 20.2 Å². The summed E-state index contributed by atoms with van der Waals surface area (Å²) in [5, 5.41) is 0.590. The maximum Gasteiger partial charge on any atom is 0.248 e. The van der Waals surface area contributed by atoms with Gasteiger partial charge in [0.05, 0.1) is 10.6 Å². The first-order chi connectivity index (χ1) is 12.6. The summed E-state index contributed by atoms with van der Waals surface area (Å²) in [6.45, 7) is 2.33. The Balaban J connectivity index is 1.65. The fraction of sp³-hybridized carbons (Fsp3) is 0.611. The smallest absolute Gasteiger partial charge is 0.248 e. The van der Waals surface area contributed by atoms with Gasteiger partial charge in [0.25, 0.3) is 0 Å². The number of rotatable bonds is 2. The van der Waals surface area contributed by atoms with Crippen LogP contribution in [0.2, 0.25) is 10.0 Å². The summed E-state index contributed by atoms with van der Waals surface area (Å²) < 4.78 is 34.4. The summed E-state index contributed by atoms with van der Waals surface area (Å²) in [7, 11) is -1.97. The van der Waals surface area contributed by atoms with Gasteiger partial charge in [-0.05, 0) is 50.3 Å². The predicted octanol–water partition coefficient (Wildman–Crippen LogP) is 2.84. The average Bonchev–Trinajstić information content (AvgIpc) is 2.88. The van der Waals surface area contributed by atoms with E-state index in [0.717, 1.165) is 12.8 Å². The van der Waals surface area contributed by atoms with Crippen molar-refractivity contribution in [2.24, 2.45) is 0 Å². The number of likely N-dealkylation sites (N-methyl/N-ethyl adjacent to an activating group) is 1. The van der Waals surface area contributed by atoms with Crippen molar-refractivity contribution < 1.29 is 17.9 Å². The van der Waals surface area contributed by atoms with Gasteiger partial charge in [0.2, 0.25) is 15.9 Å². The molecule has 0 saturated carbocycles. The van der Waals surface area contributed by atoms with Crippen LogP contribution in [0.15, 0.2) is 17.0 Å². The number of hydrogen-bond acceptors (Lipinski definition) is 4. The number of fused-ring (bicyclic) bond motifs is 2. The molecule has 1 spiro atoms. The van der Waals surface area contributed by atoms with Gasteiger partial charge in [0.1, 0.15) is 11.5 Å². The van der Waals surface area contributed by atoms with Gasteiger partial charge in [-0.2, -0.15) is 4.31 Å². The van der Waals surface area contributed by atoms with Crippen molar-refractivity contribution in [3.05, 3.63) is 27.7 Å². The SMILES string of the molecule is Cc1cc(S(=O)(=O)N2C3CCC2CC2(C3)CN(C)C(=O)CO2)c(Cl)cc1Cl. The maximum atomic E-state index is 13.4. The number of carbonyl (C=O) groups is 1. The third-order valence-electron chi connectivity index (χ3n) is 5.99. The molecule has 0 N–H and O–H groups in total. The summed E-state index contributed by atoms with van der Waals surface area (Å²) in [5.41, 5.74) is 0.219. The molecule has 2 unspecified atom stereocenters. The molecule has 0 aromatic heterocycles. The van der Waals surface area contributed by atoms with Gasteiger partial charge in [-0.3, -0.25) is 4.79 Å². The molecule has 6 nitrogen and oxygen atoms in total. The van der Waals surface area contributed by atoms with Gasteiger partial charge < -0.3 is 9.64 Å². The van der Waals surface area contributed by atoms with Gasteiger partial charge >= 0.3 is 0 Å². The van der Waals surface area contributed by atoms with Crippen molar-refractivity contribution in [1.29, 1.82) is 0 Å². The number of sulfonamides is 1. The predicted molar refractivity (Wildman–Crippen MR) is 103 cm³/mol. The molecule has 0 radical (unpaired) electrons. The average molecular weight is 433 g/mol. The van der Waals surface area contributed by atoms with Crippen LogP contribution in [0.4, 0.5) is 0 Å². The molecule has 27 heavy (non-hydrogen) atoms. The van der Waals surface area contributed by atoms with E-state index in [-0.39, 0.29) is 34.5 Å². The second-order valence-electron chi connectivity index (χ2n) is 7.88. The van der Waals surface area contributed by atoms with E-state index in [9.17, 15) is 13.2 Å². The third kappa shape index (κ3) is 3.17. The number of piperidine rings is 1. The molecule has 4 rings (SSSR count). The summed E-state index contributed by atoms with van der Waals surface area (Å²) in [6, 6.07) is 2.74. The maximum absolute atomic E-state index is 13.4. The van der Waals surface area contributed by atoms with Crippen molar-refractivity contribution in [2.45, 2.75) is 55.2 Å². The van der Waals surface area contributed by atoms with Gasteiger partial charge in [-0.15, -0.1) is 0 Å². The molecule has 3 aliphatic heterocycles. The Morgan fingerprint density at radius 2 is 1.78 bits per heavy atom. The molecule has 3 saturated heterocycles. The lowest BCUT2D eigenvalue weighted by atomic mass is 9.86. The number of carbonyl (C=O) groups excluding carboxylic acids is 1. The largest absolute Gasteiger partial charge is 0.363 e. The highest BCUT2D eigenvalue weighted by molar-refractivity contribution is 7.89. The van der Waals surface area contributed by atoms with E-state index >= 15 is 0 Å². The molecular weight excluding hydrogens is 411 g/mol. The van der Waals surface area contributed by atoms with Crippen molar-refractivity contribution in [1.82, 2.24) is 9.21 Å². The van der Waals surface area contributed by atoms with Crippen LogP contribution in [0.1, 0.15) is 31.2 Å². The summed E-state index contributed by atoms with van der Waals surface area (Å²) in [6.07, 6.45) is 2.75. The first kappa shape index (κ1) is 19.5. The van der Waals surface area contributed by atoms with E-state index in [1.165, 1.54) is 6.07 Å². The zero-order valence-electron chi connectivity index (χ0n) is 15.2. The highest BCUT2D eigenvalue weighted by Crippen LogP contribution is 2.47. The van der Waals surface area contributed by atoms with Crippen LogP contribution in [-0.4, -0.2) is 61.4 Å². The Morgan fingerprint density at radius 1 is 1.15 bits per heavy atom. The van der Waals surface area contributed by atoms with E-state index < -0.39 is 15.6 Å². The normalized spacial score (nSPS) is 31.7. The van der Waals surface area contributed by atoms with E-state index in [1.54, 1.807) is 29.2 Å². The fourth-order valence-corrected chi connectivity index (χ4v) is 7.41. The fourth-order valence-electron chi connectivity index (χ4n) is 4.74. The Kier molecular flexibility index (Phi) is 4.75. The highest BCUT2D eigenvalue weighted by atomic mass is 35.5. The summed E-state index contributed by atoms with van der Waals surface area (Å²) >= 11 is 12.3. The first-order valence-corrected chi connectivity index (χ1v) is 11.2. The summed E-state index contributed by atoms with van der Waals surface area (Å²) in [4.78, 5) is 13.6. The van der Waals surface area contributed by atoms with Crippen LogP contribution in [0.5, 0.6) is 0 Å². The van der Waals surface area contributed by atoms with Gasteiger partial charge in [-0.1, -0.05) is 23.2 Å². The first-order valence-electron chi connectivity index (χ1n) is 9.00. The number of benzene rings is 1. The van der Waals surface area contributed by atoms with Crippen LogP contribution < -0.4 is 0 Å². The van der Waals surface area contributed by atoms with Gasteiger partial charge in [-0.25, -0.2) is 8.42 Å². The minimum atomic E-state index is -3.74. The lowest BCUT2D eigenvalue weighted by molar-refractivity contribution is -0.170. The molecule has 0 aliphatic carbocycles. The van der Waals surface area contributed by atoms with Crippen molar-refractivity contribution in [3.8, 4) is 0 Å². The molecule has 1 amide bonds. The Hall–Kier alpha value is -0.860. The second kappa shape index (κ2) is 6.59. The van der Waals surface area contributed by atoms with E-state index in [4.69, 9.17) is 27.9 Å². The molecule has 148 valence electrons. The number of morpholine rings is 1. The molecule has 3 heterocycles. The Morgan fingerprint density at radius 3 is 2.37 bits per heavy atom. The Bertz CT molecular complexity index is 891. The number of amides is 1. The van der Waals surface area contributed by atoms with Crippen LogP contribution >= 0.6 is 23.2 Å². The molecule has 9 heteroatoms. The third-order valence-corrected chi connectivity index (χ3v) is 8.87. The molecule has 2 atom stereocenters. The van der Waals surface area contributed by atoms with E-state index in [0.29, 0.717) is 30.0 Å². The minimum absolute atomic E-state index is 0.0357. The molecule has 1 aromatic carbocycles. The molecule has 3 fully saturated rings. The van der Waals surface area contributed by atoms with Crippen LogP contribution in [0.25, 0.3) is 0 Å². The van der Waals surface area contributed by atoms with Crippen molar-refractivity contribution in [3.63, 3.8) is 0 Å². The standard InChI is InChI=1S/C18H22Cl2N2O4S/c1-11-5-16(15(20)6-14(11)19)27(24,25)22-12-3-4-13(22)8-18(7-12)10-21(2)17(23)9-26-18/h5-6,12-13H,3-4,7-10H2,1-2H3. The Labute approximate surface area is 169 Å². The number of nitrogens with zero attached hydrogens (tertiary/aromatic N) is 2. The van der Waals surface area contributed by atoms with Crippen LogP contribution in [-0.2, 0) is 19.6 Å². The number of halogens is 2.